The van der Waals surface area contributed by atoms with Crippen LogP contribution in [0.25, 0.3) is 21.8 Å². The minimum absolute atomic E-state index is 0.0616. The van der Waals surface area contributed by atoms with Gasteiger partial charge in [-0.2, -0.15) is 0 Å². The number of hydrogen-bond acceptors (Lipinski definition) is 0. The van der Waals surface area contributed by atoms with Gasteiger partial charge in [-0.25, -0.2) is 0 Å². The van der Waals surface area contributed by atoms with E-state index in [1.54, 1.807) is 0 Å². The molecule has 0 fully saturated rings. The lowest BCUT2D eigenvalue weighted by Crippen LogP contribution is -2.10. The van der Waals surface area contributed by atoms with Gasteiger partial charge < -0.3 is 4.98 Å². The van der Waals surface area contributed by atoms with Crippen molar-refractivity contribution in [3.05, 3.63) is 47.9 Å². The van der Waals surface area contributed by atoms with E-state index in [4.69, 9.17) is 9.60 Å². The summed E-state index contributed by atoms with van der Waals surface area (Å²) in [6.45, 7) is 5.59. The summed E-state index contributed by atoms with van der Waals surface area (Å²) < 4.78 is 56.9. The van der Waals surface area contributed by atoms with Crippen LogP contribution >= 0.6 is 0 Å². The lowest BCUT2D eigenvalue weighted by molar-refractivity contribution is 0.591. The average molecular weight is 230 g/mol. The van der Waals surface area contributed by atoms with Crippen LogP contribution < -0.4 is 0 Å². The van der Waals surface area contributed by atoms with Gasteiger partial charge in [0.1, 0.15) is 0 Å². The van der Waals surface area contributed by atoms with Gasteiger partial charge in [0.2, 0.25) is 0 Å². The molecule has 1 heterocycles. The predicted molar refractivity (Wildman–Crippen MR) is 74.5 cm³/mol. The Morgan fingerprint density at radius 1 is 0.941 bits per heavy atom. The summed E-state index contributed by atoms with van der Waals surface area (Å²) in [7, 11) is 0. The van der Waals surface area contributed by atoms with Gasteiger partial charge >= 0.3 is 0 Å². The third-order valence-corrected chi connectivity index (χ3v) is 2.75. The third-order valence-electron chi connectivity index (χ3n) is 2.75. The van der Waals surface area contributed by atoms with Crippen LogP contribution in [0, 0.1) is 0 Å². The second-order valence-electron chi connectivity index (χ2n) is 5.12. The first kappa shape index (κ1) is 5.26. The SMILES string of the molecule is [2H]c1c([2H])c([2H])c2c([nH]c3c([2H])c(C(C)(C)C)c([2H])c([2H])c32)c1[2H]. The minimum atomic E-state index is -0.510. The Labute approximate surface area is 111 Å². The molecule has 0 aliphatic carbocycles. The van der Waals surface area contributed by atoms with Crippen molar-refractivity contribution in [2.45, 2.75) is 26.2 Å². The summed E-state index contributed by atoms with van der Waals surface area (Å²) in [5, 5.41) is 0.378. The van der Waals surface area contributed by atoms with Crippen LogP contribution in [0.1, 0.15) is 35.9 Å². The van der Waals surface area contributed by atoms with Crippen molar-refractivity contribution in [3.8, 4) is 0 Å². The zero-order valence-corrected chi connectivity index (χ0v) is 10.0. The molecule has 0 amide bonds. The highest BCUT2D eigenvalue weighted by Crippen LogP contribution is 2.30. The Hall–Kier alpha value is -1.76. The maximum atomic E-state index is 8.46. The van der Waals surface area contributed by atoms with Gasteiger partial charge in [0.25, 0.3) is 0 Å². The first-order chi connectivity index (χ1) is 11.0. The van der Waals surface area contributed by atoms with Crippen molar-refractivity contribution < 1.29 is 9.60 Å². The van der Waals surface area contributed by atoms with E-state index in [0.717, 1.165) is 0 Å². The monoisotopic (exact) mass is 230 g/mol. The van der Waals surface area contributed by atoms with Crippen LogP contribution in [0.4, 0.5) is 0 Å². The largest absolute Gasteiger partial charge is 0.355 e. The standard InChI is InChI=1S/C16H17N/c1-16(2,3)11-8-9-13-12-6-4-5-7-14(12)17-15(13)10-11/h4-10,17H,1-3H3/i4D,5D,6D,7D,8D,9D,10D. The van der Waals surface area contributed by atoms with Gasteiger partial charge in [0.05, 0.1) is 9.60 Å². The average Bonchev–Trinajstić information content (AvgIpc) is 2.88. The summed E-state index contributed by atoms with van der Waals surface area (Å²) in [5.74, 6) is 0. The van der Waals surface area contributed by atoms with Crippen LogP contribution in [-0.2, 0) is 5.41 Å². The van der Waals surface area contributed by atoms with Crippen molar-refractivity contribution in [2.75, 3.05) is 0 Å². The molecule has 0 aliphatic rings. The molecule has 2 aromatic carbocycles. The molecule has 0 saturated heterocycles. The summed E-state index contributed by atoms with van der Waals surface area (Å²) in [6.07, 6.45) is 0. The van der Waals surface area contributed by atoms with E-state index in [1.165, 1.54) is 0 Å². The molecule has 86 valence electrons. The molecule has 17 heavy (non-hydrogen) atoms. The molecule has 0 unspecified atom stereocenters. The van der Waals surface area contributed by atoms with E-state index in [-0.39, 0.29) is 64.1 Å². The van der Waals surface area contributed by atoms with E-state index in [0.29, 0.717) is 5.56 Å². The molecule has 3 aromatic rings. The van der Waals surface area contributed by atoms with Crippen LogP contribution in [0.5, 0.6) is 0 Å². The van der Waals surface area contributed by atoms with Crippen LogP contribution in [0.3, 0.4) is 0 Å². The third kappa shape index (κ3) is 1.62. The highest BCUT2D eigenvalue weighted by atomic mass is 14.7. The summed E-state index contributed by atoms with van der Waals surface area (Å²) in [4.78, 5) is 2.90. The van der Waals surface area contributed by atoms with E-state index in [9.17, 15) is 0 Å². The number of rotatable bonds is 0. The van der Waals surface area contributed by atoms with E-state index >= 15 is 0 Å². The number of aromatic amines is 1. The quantitative estimate of drug-likeness (QED) is 0.580. The predicted octanol–water partition coefficient (Wildman–Crippen LogP) is 4.62. The molecule has 0 saturated carbocycles. The first-order valence-corrected chi connectivity index (χ1v) is 5.50. The molecule has 1 heteroatoms. The Morgan fingerprint density at radius 2 is 1.65 bits per heavy atom. The fourth-order valence-corrected chi connectivity index (χ4v) is 1.78. The molecular weight excluding hydrogens is 206 g/mol. The van der Waals surface area contributed by atoms with Crippen LogP contribution in [0.2, 0.25) is 0 Å². The first-order valence-electron chi connectivity index (χ1n) is 9.00. The number of hydrogen-bond donors (Lipinski definition) is 1. The molecule has 1 aromatic heterocycles. The zero-order chi connectivity index (χ0) is 18.1. The summed E-state index contributed by atoms with van der Waals surface area (Å²) >= 11 is 0. The van der Waals surface area contributed by atoms with Crippen molar-refractivity contribution in [1.82, 2.24) is 4.98 Å². The molecule has 0 atom stereocenters. The molecule has 0 radical (unpaired) electrons. The molecule has 0 aliphatic heterocycles. The smallest absolute Gasteiger partial charge is 0.0648 e. The maximum absolute atomic E-state index is 8.46. The number of fused-ring (bicyclic) bond motifs is 3. The number of nitrogens with one attached hydrogen (secondary N) is 1. The van der Waals surface area contributed by atoms with Crippen molar-refractivity contribution in [2.24, 2.45) is 0 Å². The fraction of sp³-hybridized carbons (Fsp3) is 0.250. The number of H-pyrrole nitrogens is 1. The maximum Gasteiger partial charge on any atom is 0.0648 e. The van der Waals surface area contributed by atoms with Crippen LogP contribution in [0.15, 0.2) is 42.3 Å². The molecule has 1 N–H and O–H groups in total. The van der Waals surface area contributed by atoms with Gasteiger partial charge in [-0.05, 0) is 23.1 Å². The van der Waals surface area contributed by atoms with Gasteiger partial charge in [0.15, 0.2) is 0 Å². The highest BCUT2D eigenvalue weighted by Gasteiger charge is 2.14. The van der Waals surface area contributed by atoms with E-state index in [1.807, 2.05) is 20.8 Å². The Kier molecular flexibility index (Phi) is 1.04. The van der Waals surface area contributed by atoms with Crippen molar-refractivity contribution >= 4 is 21.8 Å². The normalized spacial score (nSPS) is 18.2. The number of benzene rings is 2. The zero-order valence-electron chi connectivity index (χ0n) is 17.0. The Bertz CT molecular complexity index is 1010. The second-order valence-corrected chi connectivity index (χ2v) is 5.12. The Balaban J connectivity index is 2.67. The lowest BCUT2D eigenvalue weighted by Gasteiger charge is -2.18. The molecular formula is C16H17N. The molecule has 0 spiro atoms. The Morgan fingerprint density at radius 3 is 2.41 bits per heavy atom. The molecule has 3 rings (SSSR count). The minimum Gasteiger partial charge on any atom is -0.355 e. The van der Waals surface area contributed by atoms with Gasteiger partial charge in [-0.1, -0.05) is 51.0 Å². The van der Waals surface area contributed by atoms with Crippen LogP contribution in [-0.4, -0.2) is 4.98 Å². The van der Waals surface area contributed by atoms with Gasteiger partial charge in [-0.3, -0.25) is 0 Å². The fourth-order valence-electron chi connectivity index (χ4n) is 1.78. The number of aromatic nitrogens is 1. The van der Waals surface area contributed by atoms with Gasteiger partial charge in [0, 0.05) is 21.8 Å². The summed E-state index contributed by atoms with van der Waals surface area (Å²) in [6, 6.07) is -1.37. The topological polar surface area (TPSA) is 15.8 Å². The molecule has 1 nitrogen and oxygen atoms in total. The highest BCUT2D eigenvalue weighted by molar-refractivity contribution is 6.07. The van der Waals surface area contributed by atoms with Gasteiger partial charge in [-0.15, -0.1) is 0 Å². The van der Waals surface area contributed by atoms with Crippen molar-refractivity contribution in [3.63, 3.8) is 0 Å². The summed E-state index contributed by atoms with van der Waals surface area (Å²) in [5.41, 5.74) is 0.359. The lowest BCUT2D eigenvalue weighted by atomic mass is 9.86. The van der Waals surface area contributed by atoms with Crippen molar-refractivity contribution in [1.29, 1.82) is 0 Å². The van der Waals surface area contributed by atoms with E-state index in [2.05, 4.69) is 4.98 Å². The number of para-hydroxylation sites is 1. The van der Waals surface area contributed by atoms with E-state index < -0.39 is 5.41 Å². The second kappa shape index (κ2) is 3.36. The molecule has 0 bridgehead atoms.